The van der Waals surface area contributed by atoms with Gasteiger partial charge >= 0.3 is 244 Å². The van der Waals surface area contributed by atoms with Crippen molar-refractivity contribution in [2.75, 3.05) is 0 Å². The first-order chi connectivity index (χ1) is 19.0. The van der Waals surface area contributed by atoms with Gasteiger partial charge in [-0.25, -0.2) is 0 Å². The molecule has 2 aliphatic carbocycles. The molecular formula is C38H42HfSi. The van der Waals surface area contributed by atoms with Crippen molar-refractivity contribution in [2.24, 2.45) is 0 Å². The van der Waals surface area contributed by atoms with Crippen molar-refractivity contribution < 1.29 is 17.1 Å². The Labute approximate surface area is 242 Å². The molecule has 4 aromatic carbocycles. The van der Waals surface area contributed by atoms with E-state index < -0.39 is 22.6 Å². The first-order valence-electron chi connectivity index (χ1n) is 14.8. The molecular weight excluding hydrogens is 663 g/mol. The van der Waals surface area contributed by atoms with E-state index in [2.05, 4.69) is 147 Å². The van der Waals surface area contributed by atoms with Crippen LogP contribution < -0.4 is 0 Å². The molecule has 0 bridgehead atoms. The van der Waals surface area contributed by atoms with Crippen LogP contribution in [0.5, 0.6) is 0 Å². The van der Waals surface area contributed by atoms with Gasteiger partial charge in [0.15, 0.2) is 0 Å². The second kappa shape index (κ2) is 9.77. The summed E-state index contributed by atoms with van der Waals surface area (Å²) in [5.41, 5.74) is 16.6. The molecule has 2 aliphatic rings. The van der Waals surface area contributed by atoms with Gasteiger partial charge in [-0.2, -0.15) is 0 Å². The topological polar surface area (TPSA) is 0 Å². The van der Waals surface area contributed by atoms with Gasteiger partial charge in [-0.05, 0) is 0 Å². The van der Waals surface area contributed by atoms with E-state index in [0.717, 1.165) is 0 Å². The van der Waals surface area contributed by atoms with E-state index in [1.54, 1.807) is 11.1 Å². The summed E-state index contributed by atoms with van der Waals surface area (Å²) in [5.74, 6) is 0. The normalized spacial score (nSPS) is 17.7. The van der Waals surface area contributed by atoms with Crippen molar-refractivity contribution >= 4 is 17.6 Å². The summed E-state index contributed by atoms with van der Waals surface area (Å²) in [6.07, 6.45) is 10.2. The number of hydrogen-bond donors (Lipinski definition) is 0. The van der Waals surface area contributed by atoms with E-state index in [-0.39, 0.29) is 0 Å². The first-order valence-corrected chi connectivity index (χ1v) is 34.0. The second-order valence-electron chi connectivity index (χ2n) is 13.4. The summed E-state index contributed by atoms with van der Waals surface area (Å²) in [6.45, 7) is 14.3. The monoisotopic (exact) mass is 706 g/mol. The van der Waals surface area contributed by atoms with Crippen molar-refractivity contribution in [3.63, 3.8) is 0 Å². The number of allylic oxidation sites excluding steroid dienone is 2. The maximum absolute atomic E-state index is 3.69. The number of benzene rings is 4. The Morgan fingerprint density at radius 2 is 0.900 bits per heavy atom. The Hall–Kier alpha value is -2.55. The third kappa shape index (κ3) is 3.93. The standard InChI is InChI=1S/2C17H15.C2H6Si.2CH3.Hf/c2*1-12-6-3-9-15(13(12)2)17-11-5-8-14-7-4-10-16(14)17;1-3-2;;;/h2*3-11H,1-2H3;1-2H3;2*1H3;. The van der Waals surface area contributed by atoms with Gasteiger partial charge in [0.1, 0.15) is 0 Å². The van der Waals surface area contributed by atoms with Gasteiger partial charge in [0.05, 0.1) is 0 Å². The predicted octanol–water partition coefficient (Wildman–Crippen LogP) is 11.1. The van der Waals surface area contributed by atoms with Crippen molar-refractivity contribution in [3.05, 3.63) is 129 Å². The average Bonchev–Trinajstić information content (AvgIpc) is 3.58. The fraction of sp³-hybridized carbons (Fsp3) is 0.263. The maximum atomic E-state index is 2.81. The number of hydrogen-bond acceptors (Lipinski definition) is 0. The fourth-order valence-electron chi connectivity index (χ4n) is 7.59. The summed E-state index contributed by atoms with van der Waals surface area (Å²) in [7, 11) is 0. The Morgan fingerprint density at radius 1 is 0.525 bits per heavy atom. The molecule has 0 fully saturated rings. The van der Waals surface area contributed by atoms with Crippen molar-refractivity contribution in [1.29, 1.82) is 0 Å². The molecule has 0 N–H and O–H groups in total. The number of rotatable bonds is 4. The van der Waals surface area contributed by atoms with Gasteiger partial charge in [0.2, 0.25) is 0 Å². The van der Waals surface area contributed by atoms with Crippen LogP contribution in [0.15, 0.2) is 84.9 Å². The van der Waals surface area contributed by atoms with Crippen molar-refractivity contribution in [3.8, 4) is 22.3 Å². The van der Waals surface area contributed by atoms with Crippen molar-refractivity contribution in [1.82, 2.24) is 0 Å². The van der Waals surface area contributed by atoms with E-state index in [4.69, 9.17) is 0 Å². The summed E-state index contributed by atoms with van der Waals surface area (Å²) in [5, 5.41) is 0. The van der Waals surface area contributed by atoms with E-state index in [1.807, 2.05) is 0 Å². The number of fused-ring (bicyclic) bond motifs is 2. The molecule has 0 nitrogen and oxygen atoms in total. The molecule has 6 rings (SSSR count). The molecule has 0 saturated carbocycles. The van der Waals surface area contributed by atoms with Crippen LogP contribution in [0.4, 0.5) is 0 Å². The summed E-state index contributed by atoms with van der Waals surface area (Å²) < 4.78 is 6.75. The molecule has 40 heavy (non-hydrogen) atoms. The van der Waals surface area contributed by atoms with Gasteiger partial charge in [-0.15, -0.1) is 0 Å². The average molecular weight is 705 g/mol. The van der Waals surface area contributed by atoms with Crippen LogP contribution in [0.3, 0.4) is 0 Å². The Bertz CT molecular complexity index is 1700. The fourth-order valence-corrected chi connectivity index (χ4v) is 41.4. The van der Waals surface area contributed by atoms with Crippen LogP contribution in [0, 0.1) is 27.7 Å². The zero-order valence-electron chi connectivity index (χ0n) is 25.4. The molecule has 0 saturated heterocycles. The van der Waals surface area contributed by atoms with Crippen LogP contribution in [0.2, 0.25) is 22.5 Å². The van der Waals surface area contributed by atoms with Gasteiger partial charge in [-0.1, -0.05) is 0 Å². The Kier molecular flexibility index (Phi) is 6.75. The molecule has 0 radical (unpaired) electrons. The van der Waals surface area contributed by atoms with Crippen LogP contribution >= 0.6 is 0 Å². The molecule has 2 unspecified atom stereocenters. The van der Waals surface area contributed by atoms with Gasteiger partial charge in [0, 0.05) is 0 Å². The molecule has 0 amide bonds. The number of aryl methyl sites for hydroxylation is 2. The zero-order valence-corrected chi connectivity index (χ0v) is 30.0. The third-order valence-electron chi connectivity index (χ3n) is 11.1. The zero-order chi connectivity index (χ0) is 28.4. The van der Waals surface area contributed by atoms with E-state index in [1.165, 1.54) is 55.6 Å². The van der Waals surface area contributed by atoms with E-state index in [9.17, 15) is 0 Å². The van der Waals surface area contributed by atoms with Crippen LogP contribution in [-0.2, 0) is 17.1 Å². The predicted molar refractivity (Wildman–Crippen MR) is 175 cm³/mol. The molecule has 2 heteroatoms. The molecule has 0 aromatic heterocycles. The second-order valence-corrected chi connectivity index (χ2v) is 62.3. The molecule has 0 heterocycles. The molecule has 0 spiro atoms. The van der Waals surface area contributed by atoms with Crippen molar-refractivity contribution in [2.45, 2.75) is 57.5 Å². The summed E-state index contributed by atoms with van der Waals surface area (Å²) in [6, 6.07) is 27.7. The Balaban J connectivity index is 1.52. The Morgan fingerprint density at radius 3 is 1.30 bits per heavy atom. The van der Waals surface area contributed by atoms with E-state index in [0.29, 0.717) is 7.35 Å². The summed E-state index contributed by atoms with van der Waals surface area (Å²) >= 11 is -3.69. The van der Waals surface area contributed by atoms with Crippen LogP contribution in [-0.4, -0.2) is 5.49 Å². The molecule has 202 valence electrons. The minimum atomic E-state index is -3.69. The molecule has 0 aliphatic heterocycles. The van der Waals surface area contributed by atoms with Crippen LogP contribution in [0.25, 0.3) is 34.4 Å². The quantitative estimate of drug-likeness (QED) is 0.186. The molecule has 2 atom stereocenters. The summed E-state index contributed by atoms with van der Waals surface area (Å²) in [4.78, 5) is 0. The van der Waals surface area contributed by atoms with Gasteiger partial charge in [0.25, 0.3) is 0 Å². The SMILES string of the molecule is Cc1cccc(-c2cccc3c2C=C[CH]3[Hf]([CH3])([CH3])([CH]2C=Cc3c(-c4cccc(C)c4C)cccc32)=[Si](C)C)c1C. The first kappa shape index (κ1) is 27.6. The molecule has 4 aromatic rings. The van der Waals surface area contributed by atoms with Gasteiger partial charge in [-0.3, -0.25) is 0 Å². The minimum absolute atomic E-state index is 0.561. The van der Waals surface area contributed by atoms with Gasteiger partial charge < -0.3 is 0 Å². The van der Waals surface area contributed by atoms with E-state index >= 15 is 0 Å². The third-order valence-corrected chi connectivity index (χ3v) is 70.8. The van der Waals surface area contributed by atoms with Crippen LogP contribution in [0.1, 0.15) is 51.9 Å².